The Labute approximate surface area is 144 Å². The first-order chi connectivity index (χ1) is 11.2. The maximum Gasteiger partial charge on any atom is 0.124 e. The van der Waals surface area contributed by atoms with Crippen LogP contribution >= 0.6 is 22.9 Å². The lowest BCUT2D eigenvalue weighted by molar-refractivity contribution is 0.308. The van der Waals surface area contributed by atoms with Crippen molar-refractivity contribution in [1.82, 2.24) is 4.98 Å². The summed E-state index contributed by atoms with van der Waals surface area (Å²) in [5, 5.41) is 1.71. The van der Waals surface area contributed by atoms with Gasteiger partial charge in [-0.25, -0.2) is 4.98 Å². The topological polar surface area (TPSA) is 31.4 Å². The van der Waals surface area contributed by atoms with E-state index in [1.54, 1.807) is 18.4 Å². The van der Waals surface area contributed by atoms with Gasteiger partial charge in [-0.1, -0.05) is 23.7 Å². The zero-order valence-corrected chi connectivity index (χ0v) is 14.4. The van der Waals surface area contributed by atoms with E-state index >= 15 is 0 Å². The molecule has 0 aliphatic heterocycles. The van der Waals surface area contributed by atoms with E-state index < -0.39 is 0 Å². The van der Waals surface area contributed by atoms with Crippen LogP contribution in [0.4, 0.5) is 0 Å². The SMILES string of the molecule is COc1ccc(OCc2sc(-c3ccc(Cl)cc3)nc2C)cc1. The molecule has 0 unspecified atom stereocenters. The van der Waals surface area contributed by atoms with E-state index in [-0.39, 0.29) is 0 Å². The van der Waals surface area contributed by atoms with Gasteiger partial charge in [0.25, 0.3) is 0 Å². The van der Waals surface area contributed by atoms with Crippen molar-refractivity contribution in [3.05, 3.63) is 64.1 Å². The molecule has 0 amide bonds. The van der Waals surface area contributed by atoms with Crippen molar-refractivity contribution in [2.45, 2.75) is 13.5 Å². The molecular weight excluding hydrogens is 330 g/mol. The van der Waals surface area contributed by atoms with Crippen LogP contribution in [0.3, 0.4) is 0 Å². The highest BCUT2D eigenvalue weighted by Gasteiger charge is 2.10. The summed E-state index contributed by atoms with van der Waals surface area (Å²) >= 11 is 7.57. The largest absolute Gasteiger partial charge is 0.497 e. The summed E-state index contributed by atoms with van der Waals surface area (Å²) in [5.41, 5.74) is 2.06. The third kappa shape index (κ3) is 3.84. The van der Waals surface area contributed by atoms with Crippen LogP contribution in [0.1, 0.15) is 10.6 Å². The van der Waals surface area contributed by atoms with Gasteiger partial charge in [0.15, 0.2) is 0 Å². The zero-order valence-electron chi connectivity index (χ0n) is 12.9. The average Bonchev–Trinajstić information content (AvgIpc) is 2.95. The van der Waals surface area contributed by atoms with Crippen molar-refractivity contribution >= 4 is 22.9 Å². The van der Waals surface area contributed by atoms with Crippen LogP contribution < -0.4 is 9.47 Å². The van der Waals surface area contributed by atoms with Gasteiger partial charge in [0.1, 0.15) is 23.1 Å². The van der Waals surface area contributed by atoms with Gasteiger partial charge < -0.3 is 9.47 Å². The third-order valence-corrected chi connectivity index (χ3v) is 4.85. The molecule has 0 radical (unpaired) electrons. The number of aryl methyl sites for hydroxylation is 1. The predicted octanol–water partition coefficient (Wildman–Crippen LogP) is 5.36. The number of benzene rings is 2. The molecule has 0 fully saturated rings. The number of ether oxygens (including phenoxy) is 2. The molecule has 0 saturated heterocycles. The number of methoxy groups -OCH3 is 1. The number of aromatic nitrogens is 1. The molecule has 0 spiro atoms. The van der Waals surface area contributed by atoms with E-state index in [9.17, 15) is 0 Å². The number of thiazole rings is 1. The minimum atomic E-state index is 0.503. The highest BCUT2D eigenvalue weighted by Crippen LogP contribution is 2.29. The van der Waals surface area contributed by atoms with Gasteiger partial charge in [0.05, 0.1) is 17.7 Å². The molecule has 0 N–H and O–H groups in total. The summed E-state index contributed by atoms with van der Waals surface area (Å²) in [6, 6.07) is 15.3. The van der Waals surface area contributed by atoms with E-state index in [2.05, 4.69) is 4.98 Å². The Morgan fingerprint density at radius 1 is 1.00 bits per heavy atom. The molecule has 0 aliphatic rings. The van der Waals surface area contributed by atoms with Gasteiger partial charge in [0, 0.05) is 10.6 Å². The van der Waals surface area contributed by atoms with Crippen molar-refractivity contribution < 1.29 is 9.47 Å². The van der Waals surface area contributed by atoms with Gasteiger partial charge in [-0.15, -0.1) is 11.3 Å². The molecule has 118 valence electrons. The Bertz CT molecular complexity index is 782. The number of nitrogens with zero attached hydrogens (tertiary/aromatic N) is 1. The lowest BCUT2D eigenvalue weighted by Crippen LogP contribution is -1.94. The van der Waals surface area contributed by atoms with Crippen molar-refractivity contribution in [2.75, 3.05) is 7.11 Å². The van der Waals surface area contributed by atoms with Gasteiger partial charge >= 0.3 is 0 Å². The van der Waals surface area contributed by atoms with Crippen LogP contribution in [-0.2, 0) is 6.61 Å². The number of hydrogen-bond donors (Lipinski definition) is 0. The minimum absolute atomic E-state index is 0.503. The van der Waals surface area contributed by atoms with Crippen LogP contribution in [0.15, 0.2) is 48.5 Å². The van der Waals surface area contributed by atoms with Gasteiger partial charge in [-0.3, -0.25) is 0 Å². The second kappa shape index (κ2) is 7.02. The summed E-state index contributed by atoms with van der Waals surface area (Å²) in [7, 11) is 1.65. The summed E-state index contributed by atoms with van der Waals surface area (Å²) in [5.74, 6) is 1.63. The maximum atomic E-state index is 5.93. The van der Waals surface area contributed by atoms with E-state index in [1.165, 1.54) is 0 Å². The first kappa shape index (κ1) is 15.8. The van der Waals surface area contributed by atoms with Crippen molar-refractivity contribution in [2.24, 2.45) is 0 Å². The number of halogens is 1. The second-order valence-electron chi connectivity index (χ2n) is 5.00. The molecule has 0 bridgehead atoms. The quantitative estimate of drug-likeness (QED) is 0.623. The highest BCUT2D eigenvalue weighted by molar-refractivity contribution is 7.15. The fraction of sp³-hybridized carbons (Fsp3) is 0.167. The van der Waals surface area contributed by atoms with Crippen LogP contribution in [0.25, 0.3) is 10.6 Å². The zero-order chi connectivity index (χ0) is 16.2. The predicted molar refractivity (Wildman–Crippen MR) is 94.6 cm³/mol. The molecule has 2 aromatic carbocycles. The average molecular weight is 346 g/mol. The molecule has 0 saturated carbocycles. The van der Waals surface area contributed by atoms with E-state index in [0.717, 1.165) is 37.7 Å². The number of rotatable bonds is 5. The van der Waals surface area contributed by atoms with Gasteiger partial charge in [0.2, 0.25) is 0 Å². The Morgan fingerprint density at radius 2 is 1.65 bits per heavy atom. The van der Waals surface area contributed by atoms with E-state index in [1.807, 2.05) is 55.5 Å². The molecule has 1 heterocycles. The fourth-order valence-electron chi connectivity index (χ4n) is 2.10. The lowest BCUT2D eigenvalue weighted by atomic mass is 10.2. The summed E-state index contributed by atoms with van der Waals surface area (Å²) < 4.78 is 11.0. The standard InChI is InChI=1S/C18H16ClNO2S/c1-12-17(11-22-16-9-7-15(21-2)8-10-16)23-18(20-12)13-3-5-14(19)6-4-13/h3-10H,11H2,1-2H3. The molecule has 3 rings (SSSR count). The molecular formula is C18H16ClNO2S. The normalized spacial score (nSPS) is 10.6. The summed E-state index contributed by atoms with van der Waals surface area (Å²) in [6.45, 7) is 2.51. The Kier molecular flexibility index (Phi) is 4.84. The van der Waals surface area contributed by atoms with Crippen molar-refractivity contribution in [1.29, 1.82) is 0 Å². The van der Waals surface area contributed by atoms with Crippen molar-refractivity contribution in [3.63, 3.8) is 0 Å². The van der Waals surface area contributed by atoms with Crippen LogP contribution in [0.5, 0.6) is 11.5 Å². The third-order valence-electron chi connectivity index (χ3n) is 3.41. The Morgan fingerprint density at radius 3 is 2.30 bits per heavy atom. The van der Waals surface area contributed by atoms with Crippen LogP contribution in [0, 0.1) is 6.92 Å². The fourth-order valence-corrected chi connectivity index (χ4v) is 3.21. The Hall–Kier alpha value is -2.04. The van der Waals surface area contributed by atoms with Crippen molar-refractivity contribution in [3.8, 4) is 22.1 Å². The monoisotopic (exact) mass is 345 g/mol. The molecule has 0 atom stereocenters. The number of hydrogen-bond acceptors (Lipinski definition) is 4. The summed E-state index contributed by atoms with van der Waals surface area (Å²) in [4.78, 5) is 5.74. The molecule has 3 aromatic rings. The molecule has 23 heavy (non-hydrogen) atoms. The van der Waals surface area contributed by atoms with Crippen LogP contribution in [0.2, 0.25) is 5.02 Å². The van der Waals surface area contributed by atoms with Gasteiger partial charge in [-0.05, 0) is 43.3 Å². The lowest BCUT2D eigenvalue weighted by Gasteiger charge is -2.06. The Balaban J connectivity index is 1.72. The minimum Gasteiger partial charge on any atom is -0.497 e. The van der Waals surface area contributed by atoms with E-state index in [4.69, 9.17) is 21.1 Å². The smallest absolute Gasteiger partial charge is 0.124 e. The molecule has 0 aliphatic carbocycles. The second-order valence-corrected chi connectivity index (χ2v) is 6.52. The maximum absolute atomic E-state index is 5.93. The summed E-state index contributed by atoms with van der Waals surface area (Å²) in [6.07, 6.45) is 0. The highest BCUT2D eigenvalue weighted by atomic mass is 35.5. The molecule has 1 aromatic heterocycles. The van der Waals surface area contributed by atoms with Gasteiger partial charge in [-0.2, -0.15) is 0 Å². The van der Waals surface area contributed by atoms with Crippen LogP contribution in [-0.4, -0.2) is 12.1 Å². The molecule has 5 heteroatoms. The van der Waals surface area contributed by atoms with E-state index in [0.29, 0.717) is 6.61 Å². The first-order valence-corrected chi connectivity index (χ1v) is 8.34. The molecule has 3 nitrogen and oxygen atoms in total. The first-order valence-electron chi connectivity index (χ1n) is 7.15.